The summed E-state index contributed by atoms with van der Waals surface area (Å²) in [5.74, 6) is -0.437. The van der Waals surface area contributed by atoms with E-state index >= 15 is 0 Å². The lowest BCUT2D eigenvalue weighted by atomic mass is 9.98. The van der Waals surface area contributed by atoms with Crippen molar-refractivity contribution in [2.24, 2.45) is 0 Å². The van der Waals surface area contributed by atoms with Crippen molar-refractivity contribution in [1.29, 1.82) is 0 Å². The molecule has 1 fully saturated rings. The Balaban J connectivity index is 1.75. The number of aliphatic hydroxyl groups is 1. The van der Waals surface area contributed by atoms with Crippen molar-refractivity contribution < 1.29 is 19.0 Å². The predicted molar refractivity (Wildman–Crippen MR) is 77.5 cm³/mol. The minimum absolute atomic E-state index is 0.124. The van der Waals surface area contributed by atoms with Gasteiger partial charge < -0.3 is 15.2 Å². The van der Waals surface area contributed by atoms with Crippen molar-refractivity contribution in [1.82, 2.24) is 5.32 Å². The van der Waals surface area contributed by atoms with Gasteiger partial charge in [0.25, 0.3) is 0 Å². The molecule has 1 aromatic carbocycles. The Hall–Kier alpha value is -1.62. The monoisotopic (exact) mass is 295 g/mol. The number of halogens is 1. The normalized spacial score (nSPS) is 18.2. The molecule has 5 heteroatoms. The van der Waals surface area contributed by atoms with Gasteiger partial charge in [-0.1, -0.05) is 25.0 Å². The molecule has 4 nitrogen and oxygen atoms in total. The predicted octanol–water partition coefficient (Wildman–Crippen LogP) is 2.40. The van der Waals surface area contributed by atoms with Crippen LogP contribution in [0, 0.1) is 5.82 Å². The molecule has 21 heavy (non-hydrogen) atoms. The summed E-state index contributed by atoms with van der Waals surface area (Å²) in [5, 5.41) is 12.9. The lowest BCUT2D eigenvalue weighted by Gasteiger charge is -2.22. The first-order valence-corrected chi connectivity index (χ1v) is 7.39. The van der Waals surface area contributed by atoms with Gasteiger partial charge >= 0.3 is 0 Å². The Morgan fingerprint density at radius 1 is 1.43 bits per heavy atom. The number of carbonyl (C=O) groups is 1. The first kappa shape index (κ1) is 15.8. The van der Waals surface area contributed by atoms with Gasteiger partial charge in [0.05, 0.1) is 18.6 Å². The molecule has 0 spiro atoms. The van der Waals surface area contributed by atoms with E-state index in [4.69, 9.17) is 4.74 Å². The Kier molecular flexibility index (Phi) is 5.17. The Labute approximate surface area is 124 Å². The van der Waals surface area contributed by atoms with Crippen molar-refractivity contribution in [3.63, 3.8) is 0 Å². The van der Waals surface area contributed by atoms with Gasteiger partial charge in [-0.3, -0.25) is 4.79 Å². The smallest absolute Gasteiger partial charge is 0.223 e. The van der Waals surface area contributed by atoms with Crippen LogP contribution in [0.1, 0.15) is 39.0 Å². The molecule has 1 saturated carbocycles. The number of hydrogen-bond donors (Lipinski definition) is 2. The molecule has 1 aromatic rings. The highest BCUT2D eigenvalue weighted by Gasteiger charge is 2.33. The number of amides is 1. The maximum absolute atomic E-state index is 13.4. The third-order valence-corrected chi connectivity index (χ3v) is 3.78. The molecular weight excluding hydrogens is 273 g/mol. The van der Waals surface area contributed by atoms with E-state index in [1.54, 1.807) is 25.1 Å². The van der Waals surface area contributed by atoms with Gasteiger partial charge in [0, 0.05) is 0 Å². The first-order chi connectivity index (χ1) is 9.98. The summed E-state index contributed by atoms with van der Waals surface area (Å²) in [5.41, 5.74) is -0.848. The number of rotatable bonds is 6. The van der Waals surface area contributed by atoms with E-state index in [0.29, 0.717) is 12.8 Å². The minimum atomic E-state index is -0.848. The van der Waals surface area contributed by atoms with Crippen LogP contribution in [0.25, 0.3) is 0 Å². The van der Waals surface area contributed by atoms with Gasteiger partial charge in [0.2, 0.25) is 5.91 Å². The molecule has 0 heterocycles. The SMILES string of the molecule is CC(CNC(=O)CC1(O)CCCC1)Oc1ccccc1F. The van der Waals surface area contributed by atoms with Gasteiger partial charge in [-0.05, 0) is 31.9 Å². The maximum Gasteiger partial charge on any atom is 0.223 e. The van der Waals surface area contributed by atoms with Crippen LogP contribution in [0.3, 0.4) is 0 Å². The molecule has 0 aliphatic heterocycles. The van der Waals surface area contributed by atoms with Gasteiger partial charge in [-0.25, -0.2) is 4.39 Å². The molecular formula is C16H22FNO3. The Morgan fingerprint density at radius 3 is 2.76 bits per heavy atom. The highest BCUT2D eigenvalue weighted by molar-refractivity contribution is 5.77. The fourth-order valence-corrected chi connectivity index (χ4v) is 2.63. The summed E-state index contributed by atoms with van der Waals surface area (Å²) in [6.07, 6.45) is 3.08. The summed E-state index contributed by atoms with van der Waals surface area (Å²) < 4.78 is 18.9. The second-order valence-electron chi connectivity index (χ2n) is 5.77. The van der Waals surface area contributed by atoms with Crippen LogP contribution in [0.5, 0.6) is 5.75 Å². The molecule has 2 rings (SSSR count). The standard InChI is InChI=1S/C16H22FNO3/c1-12(21-14-7-3-2-6-13(14)17)11-18-15(19)10-16(20)8-4-5-9-16/h2-3,6-7,12,20H,4-5,8-11H2,1H3,(H,18,19). The summed E-state index contributed by atoms with van der Waals surface area (Å²) in [7, 11) is 0. The maximum atomic E-state index is 13.4. The van der Waals surface area contributed by atoms with Gasteiger partial charge in [0.15, 0.2) is 11.6 Å². The quantitative estimate of drug-likeness (QED) is 0.847. The summed E-state index contributed by atoms with van der Waals surface area (Å²) >= 11 is 0. The Morgan fingerprint density at radius 2 is 2.10 bits per heavy atom. The number of carbonyl (C=O) groups excluding carboxylic acids is 1. The second kappa shape index (κ2) is 6.89. The zero-order valence-electron chi connectivity index (χ0n) is 12.3. The van der Waals surface area contributed by atoms with E-state index in [2.05, 4.69) is 5.32 Å². The molecule has 1 aliphatic rings. The van der Waals surface area contributed by atoms with Crippen LogP contribution in [0.4, 0.5) is 4.39 Å². The van der Waals surface area contributed by atoms with E-state index in [1.165, 1.54) is 6.07 Å². The lowest BCUT2D eigenvalue weighted by Crippen LogP contribution is -2.38. The number of para-hydroxylation sites is 1. The van der Waals surface area contributed by atoms with Crippen LogP contribution >= 0.6 is 0 Å². The molecule has 2 N–H and O–H groups in total. The third kappa shape index (κ3) is 4.70. The van der Waals surface area contributed by atoms with Crippen LogP contribution in [0.2, 0.25) is 0 Å². The lowest BCUT2D eigenvalue weighted by molar-refractivity contribution is -0.126. The molecule has 0 aromatic heterocycles. The van der Waals surface area contributed by atoms with Crippen molar-refractivity contribution in [2.75, 3.05) is 6.54 Å². The molecule has 1 amide bonds. The molecule has 1 unspecified atom stereocenters. The van der Waals surface area contributed by atoms with Crippen molar-refractivity contribution >= 4 is 5.91 Å². The molecule has 1 atom stereocenters. The zero-order chi connectivity index (χ0) is 15.3. The van der Waals surface area contributed by atoms with Crippen molar-refractivity contribution in [2.45, 2.75) is 50.7 Å². The van der Waals surface area contributed by atoms with E-state index < -0.39 is 11.4 Å². The first-order valence-electron chi connectivity index (χ1n) is 7.39. The fourth-order valence-electron chi connectivity index (χ4n) is 2.63. The second-order valence-corrected chi connectivity index (χ2v) is 5.77. The number of ether oxygens (including phenoxy) is 1. The summed E-state index contributed by atoms with van der Waals surface area (Å²) in [4.78, 5) is 11.8. The van der Waals surface area contributed by atoms with Gasteiger partial charge in [-0.2, -0.15) is 0 Å². The van der Waals surface area contributed by atoms with E-state index in [-0.39, 0.29) is 30.7 Å². The highest BCUT2D eigenvalue weighted by atomic mass is 19.1. The summed E-state index contributed by atoms with van der Waals surface area (Å²) in [6.45, 7) is 2.04. The average molecular weight is 295 g/mol. The van der Waals surface area contributed by atoms with Crippen LogP contribution in [-0.4, -0.2) is 29.3 Å². The molecule has 0 saturated heterocycles. The molecule has 0 bridgehead atoms. The zero-order valence-corrected chi connectivity index (χ0v) is 12.3. The van der Waals surface area contributed by atoms with Crippen molar-refractivity contribution in [3.8, 4) is 5.75 Å². The molecule has 1 aliphatic carbocycles. The minimum Gasteiger partial charge on any atom is -0.486 e. The van der Waals surface area contributed by atoms with Crippen LogP contribution in [0.15, 0.2) is 24.3 Å². The van der Waals surface area contributed by atoms with Crippen LogP contribution < -0.4 is 10.1 Å². The molecule has 116 valence electrons. The topological polar surface area (TPSA) is 58.6 Å². The Bertz CT molecular complexity index is 486. The highest BCUT2D eigenvalue weighted by Crippen LogP contribution is 2.32. The third-order valence-electron chi connectivity index (χ3n) is 3.78. The number of nitrogens with one attached hydrogen (secondary N) is 1. The van der Waals surface area contributed by atoms with Crippen molar-refractivity contribution in [3.05, 3.63) is 30.1 Å². The number of benzene rings is 1. The summed E-state index contributed by atoms with van der Waals surface area (Å²) in [6, 6.07) is 6.17. The molecule has 0 radical (unpaired) electrons. The average Bonchev–Trinajstić information content (AvgIpc) is 2.85. The fraction of sp³-hybridized carbons (Fsp3) is 0.562. The van der Waals surface area contributed by atoms with Crippen LogP contribution in [-0.2, 0) is 4.79 Å². The van der Waals surface area contributed by atoms with E-state index in [9.17, 15) is 14.3 Å². The number of hydrogen-bond acceptors (Lipinski definition) is 3. The van der Waals surface area contributed by atoms with E-state index in [0.717, 1.165) is 12.8 Å². The van der Waals surface area contributed by atoms with E-state index in [1.807, 2.05) is 0 Å². The van der Waals surface area contributed by atoms with Gasteiger partial charge in [-0.15, -0.1) is 0 Å². The van der Waals surface area contributed by atoms with Gasteiger partial charge in [0.1, 0.15) is 6.10 Å². The largest absolute Gasteiger partial charge is 0.486 e.